The van der Waals surface area contributed by atoms with Crippen molar-refractivity contribution in [2.45, 2.75) is 118 Å². The van der Waals surface area contributed by atoms with Gasteiger partial charge in [0.25, 0.3) is 6.47 Å². The number of carbonyl (C=O) groups excluding carboxylic acids is 1. The molecule has 0 aliphatic heterocycles. The highest BCUT2D eigenvalue weighted by molar-refractivity contribution is 5.39. The predicted octanol–water partition coefficient (Wildman–Crippen LogP) is 7.51. The second kappa shape index (κ2) is 11.6. The standard InChI is InChI=1S/C26H44O2/c1-21-22(2)24(15-11-13-19-26(6,7)28-20-27)17-16-23(21)14-10-8-9-12-18-25(3,4)5/h16-17,20H,8-15,18-19H2,1-7H3. The Hall–Kier alpha value is -1.31. The Balaban J connectivity index is 2.40. The molecule has 0 heterocycles. The van der Waals surface area contributed by atoms with Gasteiger partial charge in [-0.25, -0.2) is 0 Å². The Morgan fingerprint density at radius 2 is 1.21 bits per heavy atom. The normalized spacial score (nSPS) is 12.2. The van der Waals surface area contributed by atoms with Crippen LogP contribution in [-0.4, -0.2) is 12.1 Å². The number of ether oxygens (including phenoxy) is 1. The predicted molar refractivity (Wildman–Crippen MR) is 121 cm³/mol. The molecule has 0 saturated heterocycles. The van der Waals surface area contributed by atoms with Crippen LogP contribution in [0.4, 0.5) is 0 Å². The van der Waals surface area contributed by atoms with Crippen molar-refractivity contribution < 1.29 is 9.53 Å². The molecule has 0 fully saturated rings. The molecule has 1 aromatic rings. The van der Waals surface area contributed by atoms with Crippen LogP contribution in [0.1, 0.15) is 108 Å². The largest absolute Gasteiger partial charge is 0.462 e. The molecule has 0 radical (unpaired) electrons. The number of benzene rings is 1. The molecule has 1 rings (SSSR count). The minimum atomic E-state index is -0.344. The minimum absolute atomic E-state index is 0.344. The maximum absolute atomic E-state index is 10.5. The van der Waals surface area contributed by atoms with Crippen molar-refractivity contribution in [2.24, 2.45) is 5.41 Å². The number of unbranched alkanes of at least 4 members (excludes halogenated alkanes) is 4. The monoisotopic (exact) mass is 388 g/mol. The molecule has 1 aromatic carbocycles. The van der Waals surface area contributed by atoms with Crippen molar-refractivity contribution in [1.82, 2.24) is 0 Å². The van der Waals surface area contributed by atoms with E-state index < -0.39 is 0 Å². The molecule has 0 atom stereocenters. The molecule has 0 N–H and O–H groups in total. The number of aryl methyl sites for hydroxylation is 2. The molecule has 160 valence electrons. The third-order valence-corrected chi connectivity index (χ3v) is 5.98. The molecule has 0 aromatic heterocycles. The average Bonchev–Trinajstić information content (AvgIpc) is 2.58. The summed E-state index contributed by atoms with van der Waals surface area (Å²) in [6, 6.07) is 4.69. The summed E-state index contributed by atoms with van der Waals surface area (Å²) in [6.45, 7) is 16.1. The summed E-state index contributed by atoms with van der Waals surface area (Å²) in [7, 11) is 0. The van der Waals surface area contributed by atoms with Crippen LogP contribution >= 0.6 is 0 Å². The van der Waals surface area contributed by atoms with Crippen LogP contribution in [0.5, 0.6) is 0 Å². The molecule has 0 amide bonds. The van der Waals surface area contributed by atoms with Gasteiger partial charge in [0.2, 0.25) is 0 Å². The van der Waals surface area contributed by atoms with Crippen LogP contribution in [0.2, 0.25) is 0 Å². The molecule has 0 saturated carbocycles. The summed E-state index contributed by atoms with van der Waals surface area (Å²) < 4.78 is 5.14. The first-order chi connectivity index (χ1) is 13.1. The van der Waals surface area contributed by atoms with Gasteiger partial charge in [0.05, 0.1) is 0 Å². The Morgan fingerprint density at radius 1 is 0.750 bits per heavy atom. The van der Waals surface area contributed by atoms with Crippen LogP contribution in [0, 0.1) is 19.3 Å². The third-order valence-electron chi connectivity index (χ3n) is 5.98. The SMILES string of the molecule is Cc1c(CCCCCCC(C)(C)C)ccc(CCCCC(C)(C)OC=O)c1C. The maximum Gasteiger partial charge on any atom is 0.293 e. The molecule has 0 aliphatic rings. The minimum Gasteiger partial charge on any atom is -0.462 e. The van der Waals surface area contributed by atoms with E-state index in [0.29, 0.717) is 11.9 Å². The zero-order chi connectivity index (χ0) is 21.2. The topological polar surface area (TPSA) is 26.3 Å². The van der Waals surface area contributed by atoms with Gasteiger partial charge in [0.1, 0.15) is 5.60 Å². The van der Waals surface area contributed by atoms with Crippen molar-refractivity contribution in [3.8, 4) is 0 Å². The van der Waals surface area contributed by atoms with Crippen LogP contribution in [-0.2, 0) is 22.4 Å². The lowest BCUT2D eigenvalue weighted by Gasteiger charge is -2.22. The molecule has 2 nitrogen and oxygen atoms in total. The van der Waals surface area contributed by atoms with E-state index >= 15 is 0 Å². The fraction of sp³-hybridized carbons (Fsp3) is 0.731. The average molecular weight is 389 g/mol. The van der Waals surface area contributed by atoms with E-state index in [1.54, 1.807) is 0 Å². The molecule has 0 spiro atoms. The lowest BCUT2D eigenvalue weighted by Crippen LogP contribution is -2.23. The van der Waals surface area contributed by atoms with Crippen molar-refractivity contribution in [3.05, 3.63) is 34.4 Å². The molecule has 0 aliphatic carbocycles. The lowest BCUT2D eigenvalue weighted by atomic mass is 9.89. The van der Waals surface area contributed by atoms with Crippen LogP contribution in [0.3, 0.4) is 0 Å². The van der Waals surface area contributed by atoms with E-state index in [2.05, 4.69) is 46.8 Å². The summed E-state index contributed by atoms with van der Waals surface area (Å²) in [5.41, 5.74) is 6.08. The van der Waals surface area contributed by atoms with E-state index in [4.69, 9.17) is 4.74 Å². The van der Waals surface area contributed by atoms with Gasteiger partial charge in [-0.15, -0.1) is 0 Å². The Labute approximate surface area is 174 Å². The molecule has 0 unspecified atom stereocenters. The first-order valence-electron chi connectivity index (χ1n) is 11.3. The summed E-state index contributed by atoms with van der Waals surface area (Å²) in [6.07, 6.45) is 12.1. The number of hydrogen-bond donors (Lipinski definition) is 0. The van der Waals surface area contributed by atoms with Crippen LogP contribution in [0.15, 0.2) is 12.1 Å². The van der Waals surface area contributed by atoms with E-state index in [0.717, 1.165) is 25.7 Å². The van der Waals surface area contributed by atoms with Gasteiger partial charge < -0.3 is 4.74 Å². The summed E-state index contributed by atoms with van der Waals surface area (Å²) in [4.78, 5) is 10.5. The second-order valence-corrected chi connectivity index (χ2v) is 10.3. The number of carbonyl (C=O) groups is 1. The fourth-order valence-electron chi connectivity index (χ4n) is 3.85. The Kier molecular flexibility index (Phi) is 10.3. The number of hydrogen-bond acceptors (Lipinski definition) is 2. The van der Waals surface area contributed by atoms with Gasteiger partial charge in [-0.1, -0.05) is 52.2 Å². The van der Waals surface area contributed by atoms with Crippen molar-refractivity contribution >= 4 is 6.47 Å². The highest BCUT2D eigenvalue weighted by Crippen LogP contribution is 2.25. The third kappa shape index (κ3) is 9.75. The van der Waals surface area contributed by atoms with E-state index in [9.17, 15) is 4.79 Å². The van der Waals surface area contributed by atoms with Gasteiger partial charge in [0.15, 0.2) is 0 Å². The fourth-order valence-corrected chi connectivity index (χ4v) is 3.85. The Bertz CT molecular complexity index is 593. The quantitative estimate of drug-likeness (QED) is 0.258. The first kappa shape index (κ1) is 24.7. The van der Waals surface area contributed by atoms with Crippen molar-refractivity contribution in [1.29, 1.82) is 0 Å². The molecule has 28 heavy (non-hydrogen) atoms. The van der Waals surface area contributed by atoms with Crippen LogP contribution in [0.25, 0.3) is 0 Å². The second-order valence-electron chi connectivity index (χ2n) is 10.3. The van der Waals surface area contributed by atoms with E-state index in [1.165, 1.54) is 60.8 Å². The molecule has 0 bridgehead atoms. The van der Waals surface area contributed by atoms with Gasteiger partial charge in [-0.05, 0) is 100 Å². The maximum atomic E-state index is 10.5. The smallest absolute Gasteiger partial charge is 0.293 e. The van der Waals surface area contributed by atoms with Crippen molar-refractivity contribution in [2.75, 3.05) is 0 Å². The van der Waals surface area contributed by atoms with E-state index in [1.807, 2.05) is 13.8 Å². The molecule has 2 heteroatoms. The zero-order valence-electron chi connectivity index (χ0n) is 19.6. The highest BCUT2D eigenvalue weighted by Gasteiger charge is 2.18. The van der Waals surface area contributed by atoms with Gasteiger partial charge in [-0.2, -0.15) is 0 Å². The van der Waals surface area contributed by atoms with E-state index in [-0.39, 0.29) is 5.60 Å². The Morgan fingerprint density at radius 3 is 1.71 bits per heavy atom. The van der Waals surface area contributed by atoms with Crippen molar-refractivity contribution in [3.63, 3.8) is 0 Å². The zero-order valence-corrected chi connectivity index (χ0v) is 19.6. The molecular weight excluding hydrogens is 344 g/mol. The van der Waals surface area contributed by atoms with Gasteiger partial charge in [-0.3, -0.25) is 4.79 Å². The summed E-state index contributed by atoms with van der Waals surface area (Å²) >= 11 is 0. The molecular formula is C26H44O2. The summed E-state index contributed by atoms with van der Waals surface area (Å²) in [5.74, 6) is 0. The number of rotatable bonds is 13. The summed E-state index contributed by atoms with van der Waals surface area (Å²) in [5, 5.41) is 0. The van der Waals surface area contributed by atoms with Gasteiger partial charge in [0, 0.05) is 0 Å². The van der Waals surface area contributed by atoms with Crippen LogP contribution < -0.4 is 0 Å². The van der Waals surface area contributed by atoms with Gasteiger partial charge >= 0.3 is 0 Å². The highest BCUT2D eigenvalue weighted by atomic mass is 16.5. The lowest BCUT2D eigenvalue weighted by molar-refractivity contribution is -0.140. The first-order valence-corrected chi connectivity index (χ1v) is 11.3.